The summed E-state index contributed by atoms with van der Waals surface area (Å²) in [6, 6.07) is 76.4. The van der Waals surface area contributed by atoms with Crippen LogP contribution in [0.25, 0.3) is 87.6 Å². The Morgan fingerprint density at radius 2 is 0.804 bits per heavy atom. The lowest BCUT2D eigenvalue weighted by Crippen LogP contribution is -2.10. The molecule has 0 radical (unpaired) electrons. The van der Waals surface area contributed by atoms with Gasteiger partial charge in [-0.1, -0.05) is 164 Å². The third-order valence-electron chi connectivity index (χ3n) is 11.3. The molecular formula is C54H35NO. The van der Waals surface area contributed by atoms with E-state index >= 15 is 0 Å². The molecule has 11 aromatic rings. The SMILES string of the molecule is c1ccc2c(-c3ccc(N(c4ccc(-c5ccc(-c6cc7ccccc7c7ccccc67)cc5)cc4)c4cccc5oc6ccccc6c45)cc3)cccc2c1. The molecule has 1 aromatic heterocycles. The summed E-state index contributed by atoms with van der Waals surface area (Å²) in [6.07, 6.45) is 0. The molecule has 0 amide bonds. The van der Waals surface area contributed by atoms with Crippen LogP contribution >= 0.6 is 0 Å². The fourth-order valence-corrected chi connectivity index (χ4v) is 8.57. The third kappa shape index (κ3) is 5.34. The van der Waals surface area contributed by atoms with Gasteiger partial charge in [-0.2, -0.15) is 0 Å². The van der Waals surface area contributed by atoms with Crippen LogP contribution in [0.5, 0.6) is 0 Å². The van der Waals surface area contributed by atoms with E-state index in [1.165, 1.54) is 65.7 Å². The molecule has 2 heteroatoms. The Kier molecular flexibility index (Phi) is 7.53. The Labute approximate surface area is 325 Å². The lowest BCUT2D eigenvalue weighted by molar-refractivity contribution is 0.669. The van der Waals surface area contributed by atoms with Gasteiger partial charge < -0.3 is 9.32 Å². The van der Waals surface area contributed by atoms with E-state index in [0.29, 0.717) is 0 Å². The molecule has 0 aliphatic carbocycles. The fourth-order valence-electron chi connectivity index (χ4n) is 8.57. The first-order chi connectivity index (χ1) is 27.8. The normalized spacial score (nSPS) is 11.6. The molecule has 0 aliphatic rings. The molecule has 56 heavy (non-hydrogen) atoms. The van der Waals surface area contributed by atoms with Crippen LogP contribution < -0.4 is 4.90 Å². The Morgan fingerprint density at radius 1 is 0.304 bits per heavy atom. The number of furan rings is 1. The summed E-state index contributed by atoms with van der Waals surface area (Å²) < 4.78 is 6.37. The molecule has 1 heterocycles. The van der Waals surface area contributed by atoms with Crippen LogP contribution in [-0.4, -0.2) is 0 Å². The first-order valence-electron chi connectivity index (χ1n) is 19.2. The van der Waals surface area contributed by atoms with Gasteiger partial charge >= 0.3 is 0 Å². The van der Waals surface area contributed by atoms with Gasteiger partial charge in [-0.05, 0) is 114 Å². The van der Waals surface area contributed by atoms with Gasteiger partial charge in [0.25, 0.3) is 0 Å². The molecule has 0 saturated heterocycles. The van der Waals surface area contributed by atoms with Crippen LogP contribution in [0, 0.1) is 0 Å². The lowest BCUT2D eigenvalue weighted by atomic mass is 9.92. The number of fused-ring (bicyclic) bond motifs is 7. The largest absolute Gasteiger partial charge is 0.456 e. The van der Waals surface area contributed by atoms with E-state index in [4.69, 9.17) is 4.42 Å². The van der Waals surface area contributed by atoms with Crippen molar-refractivity contribution in [1.29, 1.82) is 0 Å². The predicted octanol–water partition coefficient (Wildman–Crippen LogP) is 15.5. The highest BCUT2D eigenvalue weighted by molar-refractivity contribution is 6.15. The topological polar surface area (TPSA) is 16.4 Å². The van der Waals surface area contributed by atoms with Gasteiger partial charge in [-0.25, -0.2) is 0 Å². The summed E-state index contributed by atoms with van der Waals surface area (Å²) in [5.74, 6) is 0. The monoisotopic (exact) mass is 713 g/mol. The van der Waals surface area contributed by atoms with Gasteiger partial charge in [-0.3, -0.25) is 0 Å². The van der Waals surface area contributed by atoms with Gasteiger partial charge in [0.05, 0.1) is 11.1 Å². The van der Waals surface area contributed by atoms with E-state index < -0.39 is 0 Å². The molecule has 0 fully saturated rings. The van der Waals surface area contributed by atoms with E-state index in [1.807, 2.05) is 12.1 Å². The van der Waals surface area contributed by atoms with Gasteiger partial charge in [-0.15, -0.1) is 0 Å². The van der Waals surface area contributed by atoms with E-state index in [2.05, 4.69) is 205 Å². The van der Waals surface area contributed by atoms with Crippen LogP contribution in [-0.2, 0) is 0 Å². The van der Waals surface area contributed by atoms with Crippen molar-refractivity contribution >= 4 is 71.3 Å². The molecule has 262 valence electrons. The minimum absolute atomic E-state index is 0.872. The molecule has 0 unspecified atom stereocenters. The van der Waals surface area contributed by atoms with E-state index in [9.17, 15) is 0 Å². The van der Waals surface area contributed by atoms with Crippen molar-refractivity contribution in [3.8, 4) is 33.4 Å². The standard InChI is InChI=1S/C54H35NO/c1-3-14-44-38(11-1)13-9-19-45(44)39-29-33-43(34-30-39)55(51-20-10-22-53-54(51)49-18-7-8-21-52(49)56-53)42-31-27-37(28-32-42)36-23-25-40(26-24-36)50-35-41-12-2-4-15-46(41)47-16-5-6-17-48(47)50/h1-35H. The summed E-state index contributed by atoms with van der Waals surface area (Å²) in [5.41, 5.74) is 12.2. The number of rotatable bonds is 6. The Hall–Kier alpha value is -7.42. The zero-order chi connectivity index (χ0) is 37.0. The van der Waals surface area contributed by atoms with Crippen LogP contribution in [0.2, 0.25) is 0 Å². The number of nitrogens with zero attached hydrogens (tertiary/aromatic N) is 1. The number of hydrogen-bond acceptors (Lipinski definition) is 2. The van der Waals surface area contributed by atoms with Crippen LogP contribution in [0.4, 0.5) is 17.1 Å². The van der Waals surface area contributed by atoms with Crippen LogP contribution in [0.15, 0.2) is 217 Å². The maximum atomic E-state index is 6.37. The van der Waals surface area contributed by atoms with Crippen LogP contribution in [0.1, 0.15) is 0 Å². The summed E-state index contributed by atoms with van der Waals surface area (Å²) in [7, 11) is 0. The first kappa shape index (κ1) is 32.0. The number of para-hydroxylation sites is 1. The molecule has 0 N–H and O–H groups in total. The van der Waals surface area contributed by atoms with Gasteiger partial charge in [0.1, 0.15) is 11.2 Å². The maximum Gasteiger partial charge on any atom is 0.137 e. The molecular weight excluding hydrogens is 679 g/mol. The fraction of sp³-hybridized carbons (Fsp3) is 0. The highest BCUT2D eigenvalue weighted by atomic mass is 16.3. The third-order valence-corrected chi connectivity index (χ3v) is 11.3. The van der Waals surface area contributed by atoms with Crippen molar-refractivity contribution in [2.24, 2.45) is 0 Å². The van der Waals surface area contributed by atoms with Crippen molar-refractivity contribution in [2.45, 2.75) is 0 Å². The molecule has 11 rings (SSSR count). The van der Waals surface area contributed by atoms with Gasteiger partial charge in [0.15, 0.2) is 0 Å². The second kappa shape index (κ2) is 13.2. The zero-order valence-electron chi connectivity index (χ0n) is 30.6. The number of benzene rings is 10. The smallest absolute Gasteiger partial charge is 0.137 e. The minimum Gasteiger partial charge on any atom is -0.456 e. The van der Waals surface area contributed by atoms with Crippen molar-refractivity contribution in [1.82, 2.24) is 0 Å². The zero-order valence-corrected chi connectivity index (χ0v) is 30.6. The Morgan fingerprint density at radius 3 is 1.55 bits per heavy atom. The summed E-state index contributed by atoms with van der Waals surface area (Å²) in [4.78, 5) is 2.36. The Bertz CT molecular complexity index is 3220. The van der Waals surface area contributed by atoms with Crippen molar-refractivity contribution in [3.05, 3.63) is 212 Å². The van der Waals surface area contributed by atoms with Crippen molar-refractivity contribution < 1.29 is 4.42 Å². The second-order valence-electron chi connectivity index (χ2n) is 14.5. The molecule has 2 nitrogen and oxygen atoms in total. The van der Waals surface area contributed by atoms with Crippen LogP contribution in [0.3, 0.4) is 0 Å². The highest BCUT2D eigenvalue weighted by Crippen LogP contribution is 2.44. The van der Waals surface area contributed by atoms with Crippen molar-refractivity contribution in [2.75, 3.05) is 4.90 Å². The Balaban J connectivity index is 0.991. The molecule has 0 atom stereocenters. The summed E-state index contributed by atoms with van der Waals surface area (Å²) in [6.45, 7) is 0. The molecule has 0 bridgehead atoms. The van der Waals surface area contributed by atoms with Gasteiger partial charge in [0.2, 0.25) is 0 Å². The highest BCUT2D eigenvalue weighted by Gasteiger charge is 2.20. The average Bonchev–Trinajstić information content (AvgIpc) is 3.66. The van der Waals surface area contributed by atoms with Crippen molar-refractivity contribution in [3.63, 3.8) is 0 Å². The second-order valence-corrected chi connectivity index (χ2v) is 14.5. The van der Waals surface area contributed by atoms with E-state index in [1.54, 1.807) is 0 Å². The molecule has 0 aliphatic heterocycles. The van der Waals surface area contributed by atoms with E-state index in [0.717, 1.165) is 39.0 Å². The molecule has 0 saturated carbocycles. The van der Waals surface area contributed by atoms with E-state index in [-0.39, 0.29) is 0 Å². The first-order valence-corrected chi connectivity index (χ1v) is 19.2. The number of hydrogen-bond donors (Lipinski definition) is 0. The predicted molar refractivity (Wildman–Crippen MR) is 237 cm³/mol. The summed E-state index contributed by atoms with van der Waals surface area (Å²) in [5, 5.41) is 9.80. The average molecular weight is 714 g/mol. The summed E-state index contributed by atoms with van der Waals surface area (Å²) >= 11 is 0. The minimum atomic E-state index is 0.872. The lowest BCUT2D eigenvalue weighted by Gasteiger charge is -2.26. The number of anilines is 3. The maximum absolute atomic E-state index is 6.37. The van der Waals surface area contributed by atoms with Gasteiger partial charge in [0, 0.05) is 16.8 Å². The molecule has 10 aromatic carbocycles. The quantitative estimate of drug-likeness (QED) is 0.160. The molecule has 0 spiro atoms.